The van der Waals surface area contributed by atoms with Crippen LogP contribution in [0.2, 0.25) is 0 Å². The van der Waals surface area contributed by atoms with Gasteiger partial charge >= 0.3 is 6.61 Å². The summed E-state index contributed by atoms with van der Waals surface area (Å²) in [6.07, 6.45) is 1.91. The van der Waals surface area contributed by atoms with Gasteiger partial charge in [0.05, 0.1) is 17.5 Å². The highest BCUT2D eigenvalue weighted by Gasteiger charge is 2.16. The van der Waals surface area contributed by atoms with Gasteiger partial charge in [0.15, 0.2) is 0 Å². The molecule has 3 rings (SSSR count). The molecule has 0 fully saturated rings. The number of nitrogens with one attached hydrogen (secondary N) is 1. The van der Waals surface area contributed by atoms with E-state index in [-0.39, 0.29) is 17.3 Å². The van der Waals surface area contributed by atoms with E-state index in [0.717, 1.165) is 5.56 Å². The molecule has 1 heterocycles. The van der Waals surface area contributed by atoms with E-state index >= 15 is 0 Å². The van der Waals surface area contributed by atoms with Crippen LogP contribution in [0.1, 0.15) is 21.6 Å². The van der Waals surface area contributed by atoms with Crippen molar-refractivity contribution in [1.29, 1.82) is 0 Å². The molecule has 0 aliphatic carbocycles. The van der Waals surface area contributed by atoms with E-state index in [4.69, 9.17) is 0 Å². The molecule has 0 atom stereocenters. The molecule has 0 aliphatic heterocycles. The summed E-state index contributed by atoms with van der Waals surface area (Å²) in [6, 6.07) is 12.4. The van der Waals surface area contributed by atoms with Crippen LogP contribution in [0, 0.1) is 12.7 Å². The third-order valence-electron chi connectivity index (χ3n) is 4.18. The molecule has 0 saturated carbocycles. The second-order valence-electron chi connectivity index (χ2n) is 6.04. The number of nitrogens with zero attached hydrogens (tertiary/aromatic N) is 2. The largest absolute Gasteiger partial charge is 0.435 e. The van der Waals surface area contributed by atoms with Gasteiger partial charge in [0.1, 0.15) is 17.3 Å². The highest BCUT2D eigenvalue weighted by Crippen LogP contribution is 2.17. The highest BCUT2D eigenvalue weighted by molar-refractivity contribution is 5.95. The van der Waals surface area contributed by atoms with Crippen molar-refractivity contribution in [2.24, 2.45) is 0 Å². The first kappa shape index (κ1) is 19.5. The summed E-state index contributed by atoms with van der Waals surface area (Å²) in [5, 5.41) is 6.89. The zero-order valence-corrected chi connectivity index (χ0v) is 15.0. The minimum atomic E-state index is -2.86. The van der Waals surface area contributed by atoms with Crippen molar-refractivity contribution >= 4 is 5.91 Å². The van der Waals surface area contributed by atoms with Gasteiger partial charge in [-0.15, -0.1) is 0 Å². The molecule has 0 saturated heterocycles. The normalized spacial score (nSPS) is 10.9. The van der Waals surface area contributed by atoms with Crippen LogP contribution in [0.5, 0.6) is 5.75 Å². The number of hydrogen-bond acceptors (Lipinski definition) is 3. The first-order valence-corrected chi connectivity index (χ1v) is 8.57. The smallest absolute Gasteiger partial charge is 0.387 e. The fraction of sp³-hybridized carbons (Fsp3) is 0.200. The third kappa shape index (κ3) is 4.51. The van der Waals surface area contributed by atoms with Gasteiger partial charge in [0.2, 0.25) is 0 Å². The minimum absolute atomic E-state index is 0.0824. The predicted octanol–water partition coefficient (Wildman–Crippen LogP) is 3.89. The number of alkyl halides is 2. The van der Waals surface area contributed by atoms with Gasteiger partial charge in [0, 0.05) is 6.54 Å². The summed E-state index contributed by atoms with van der Waals surface area (Å²) in [6.45, 7) is -0.826. The van der Waals surface area contributed by atoms with Gasteiger partial charge in [-0.3, -0.25) is 4.79 Å². The number of carbonyl (C=O) groups excluding carboxylic acids is 1. The molecule has 1 N–H and O–H groups in total. The molecule has 0 radical (unpaired) electrons. The van der Waals surface area contributed by atoms with Crippen LogP contribution in [0.25, 0.3) is 5.69 Å². The van der Waals surface area contributed by atoms with Gasteiger partial charge < -0.3 is 10.1 Å². The fourth-order valence-electron chi connectivity index (χ4n) is 2.75. The Bertz CT molecular complexity index is 956. The maximum absolute atomic E-state index is 13.9. The average molecular weight is 389 g/mol. The van der Waals surface area contributed by atoms with Gasteiger partial charge in [0.25, 0.3) is 5.91 Å². The lowest BCUT2D eigenvalue weighted by atomic mass is 10.1. The number of hydrogen-bond donors (Lipinski definition) is 1. The highest BCUT2D eigenvalue weighted by atomic mass is 19.3. The molecule has 1 amide bonds. The van der Waals surface area contributed by atoms with E-state index in [1.165, 1.54) is 29.1 Å². The van der Waals surface area contributed by atoms with E-state index < -0.39 is 12.4 Å². The summed E-state index contributed by atoms with van der Waals surface area (Å²) in [7, 11) is 0. The Balaban J connectivity index is 1.59. The number of carbonyl (C=O) groups is 1. The quantitative estimate of drug-likeness (QED) is 0.667. The first-order valence-electron chi connectivity index (χ1n) is 8.57. The minimum Gasteiger partial charge on any atom is -0.435 e. The number of benzene rings is 2. The summed E-state index contributed by atoms with van der Waals surface area (Å²) >= 11 is 0. The third-order valence-corrected chi connectivity index (χ3v) is 4.18. The molecule has 28 heavy (non-hydrogen) atoms. The number of rotatable bonds is 7. The number of amides is 1. The van der Waals surface area contributed by atoms with Crippen molar-refractivity contribution in [3.8, 4) is 11.4 Å². The Morgan fingerprint density at radius 3 is 2.57 bits per heavy atom. The van der Waals surface area contributed by atoms with E-state index in [1.54, 1.807) is 37.3 Å². The number of aromatic nitrogens is 2. The van der Waals surface area contributed by atoms with Gasteiger partial charge in [-0.1, -0.05) is 24.3 Å². The monoisotopic (exact) mass is 389 g/mol. The van der Waals surface area contributed by atoms with Crippen molar-refractivity contribution in [3.05, 3.63) is 77.4 Å². The lowest BCUT2D eigenvalue weighted by Gasteiger charge is -2.08. The maximum Gasteiger partial charge on any atom is 0.387 e. The second-order valence-corrected chi connectivity index (χ2v) is 6.04. The molecule has 2 aromatic carbocycles. The van der Waals surface area contributed by atoms with Gasteiger partial charge in [-0.05, 0) is 43.2 Å². The van der Waals surface area contributed by atoms with Crippen molar-refractivity contribution < 1.29 is 22.7 Å². The molecule has 0 bridgehead atoms. The van der Waals surface area contributed by atoms with E-state index in [2.05, 4.69) is 15.2 Å². The van der Waals surface area contributed by atoms with Crippen LogP contribution in [0.4, 0.5) is 13.2 Å². The molecule has 0 aliphatic rings. The first-order chi connectivity index (χ1) is 13.5. The Hall–Kier alpha value is -3.29. The summed E-state index contributed by atoms with van der Waals surface area (Å²) < 4.78 is 43.9. The predicted molar refractivity (Wildman–Crippen MR) is 97.4 cm³/mol. The van der Waals surface area contributed by atoms with E-state index in [1.807, 2.05) is 0 Å². The van der Waals surface area contributed by atoms with Crippen molar-refractivity contribution in [1.82, 2.24) is 15.1 Å². The Morgan fingerprint density at radius 2 is 1.89 bits per heavy atom. The molecule has 8 heteroatoms. The topological polar surface area (TPSA) is 56.1 Å². The SMILES string of the molecule is Cc1c(C(=O)NCCc2ccc(OC(F)F)cc2)cnn1-c1ccccc1F. The molecular formula is C20H18F3N3O2. The van der Waals surface area contributed by atoms with Crippen LogP contribution in [-0.2, 0) is 6.42 Å². The maximum atomic E-state index is 13.9. The zero-order chi connectivity index (χ0) is 20.1. The number of ether oxygens (including phenoxy) is 1. The second kappa shape index (κ2) is 8.60. The van der Waals surface area contributed by atoms with Gasteiger partial charge in [-0.2, -0.15) is 13.9 Å². The van der Waals surface area contributed by atoms with Crippen LogP contribution >= 0.6 is 0 Å². The molecule has 3 aromatic rings. The van der Waals surface area contributed by atoms with Crippen LogP contribution in [-0.4, -0.2) is 28.8 Å². The summed E-state index contributed by atoms with van der Waals surface area (Å²) in [5.41, 5.74) is 2.01. The Labute approximate surface area is 159 Å². The average Bonchev–Trinajstić information content (AvgIpc) is 3.04. The fourth-order valence-corrected chi connectivity index (χ4v) is 2.75. The molecular weight excluding hydrogens is 371 g/mol. The molecule has 0 unspecified atom stereocenters. The van der Waals surface area contributed by atoms with Crippen LogP contribution in [0.3, 0.4) is 0 Å². The van der Waals surface area contributed by atoms with E-state index in [9.17, 15) is 18.0 Å². The Morgan fingerprint density at radius 1 is 1.18 bits per heavy atom. The van der Waals surface area contributed by atoms with Crippen LogP contribution < -0.4 is 10.1 Å². The number of halogens is 3. The van der Waals surface area contributed by atoms with Crippen molar-refractivity contribution in [2.45, 2.75) is 20.0 Å². The number of para-hydroxylation sites is 1. The Kier molecular flexibility index (Phi) is 5.98. The molecule has 0 spiro atoms. The van der Waals surface area contributed by atoms with Gasteiger partial charge in [-0.25, -0.2) is 9.07 Å². The zero-order valence-electron chi connectivity index (χ0n) is 15.0. The lowest BCUT2D eigenvalue weighted by Crippen LogP contribution is -2.26. The lowest BCUT2D eigenvalue weighted by molar-refractivity contribution is -0.0498. The molecule has 146 valence electrons. The van der Waals surface area contributed by atoms with Crippen molar-refractivity contribution in [2.75, 3.05) is 6.54 Å². The standard InChI is InChI=1S/C20H18F3N3O2/c1-13-16(12-25-26(13)18-5-3-2-4-17(18)21)19(27)24-11-10-14-6-8-15(9-7-14)28-20(22)23/h2-9,12,20H,10-11H2,1H3,(H,24,27). The van der Waals surface area contributed by atoms with Crippen molar-refractivity contribution in [3.63, 3.8) is 0 Å². The molecule has 1 aromatic heterocycles. The van der Waals surface area contributed by atoms with Crippen LogP contribution in [0.15, 0.2) is 54.7 Å². The summed E-state index contributed by atoms with van der Waals surface area (Å²) in [4.78, 5) is 12.4. The molecule has 5 nitrogen and oxygen atoms in total. The summed E-state index contributed by atoms with van der Waals surface area (Å²) in [5.74, 6) is -0.670. The van der Waals surface area contributed by atoms with E-state index in [0.29, 0.717) is 24.2 Å².